The summed E-state index contributed by atoms with van der Waals surface area (Å²) in [6.07, 6.45) is -13.9. The van der Waals surface area contributed by atoms with Crippen LogP contribution >= 0.6 is 0 Å². The summed E-state index contributed by atoms with van der Waals surface area (Å²) in [5, 5.41) is 3.83. The number of rotatable bonds is 8. The average Bonchev–Trinajstić information content (AvgIpc) is 2.81. The highest BCUT2D eigenvalue weighted by Crippen LogP contribution is 2.59. The van der Waals surface area contributed by atoms with E-state index in [1.165, 1.54) is 0 Å². The van der Waals surface area contributed by atoms with Crippen molar-refractivity contribution >= 4 is 23.2 Å². The van der Waals surface area contributed by atoms with Crippen molar-refractivity contribution in [2.45, 2.75) is 77.6 Å². The van der Waals surface area contributed by atoms with E-state index in [9.17, 15) is 53.5 Å². The number of hydrogen-bond donors (Lipinski definition) is 2. The number of amides is 2. The van der Waals surface area contributed by atoms with Crippen molar-refractivity contribution in [3.63, 3.8) is 0 Å². The number of carbonyl (C=O) groups excluding carboxylic acids is 2. The van der Waals surface area contributed by atoms with Gasteiger partial charge in [-0.2, -0.15) is 61.5 Å². The van der Waals surface area contributed by atoms with Gasteiger partial charge in [0.05, 0.1) is 11.1 Å². The quantitative estimate of drug-likeness (QED) is 0.274. The second-order valence-electron chi connectivity index (χ2n) is 9.89. The molecule has 19 heteroatoms. The number of carbonyl (C=O) groups is 2. The number of halogens is 14. The number of aryl methyl sites for hydroxylation is 2. The highest BCUT2D eigenvalue weighted by molar-refractivity contribution is 5.92. The van der Waals surface area contributed by atoms with Gasteiger partial charge >= 0.3 is 36.0 Å². The Hall–Kier alpha value is -3.80. The molecule has 0 heterocycles. The van der Waals surface area contributed by atoms with Crippen molar-refractivity contribution in [1.29, 1.82) is 0 Å². The van der Waals surface area contributed by atoms with Gasteiger partial charge < -0.3 is 15.4 Å². The van der Waals surface area contributed by atoms with Gasteiger partial charge in [0.15, 0.2) is 0 Å². The molecule has 0 aromatic heterocycles. The molecular formula is C26H22F14N2O3. The molecule has 2 rings (SSSR count). The number of nitrogens with one attached hydrogen (secondary N) is 2. The van der Waals surface area contributed by atoms with Crippen LogP contribution in [0.15, 0.2) is 12.1 Å². The second kappa shape index (κ2) is 11.5. The van der Waals surface area contributed by atoms with Crippen LogP contribution < -0.4 is 15.4 Å². The summed E-state index contributed by atoms with van der Waals surface area (Å²) in [4.78, 5) is 23.2. The van der Waals surface area contributed by atoms with Crippen molar-refractivity contribution in [3.8, 4) is 11.5 Å². The van der Waals surface area contributed by atoms with E-state index in [-0.39, 0.29) is 12.1 Å². The monoisotopic (exact) mass is 676 g/mol. The smallest absolute Gasteiger partial charge is 0.456 e. The minimum absolute atomic E-state index is 0.254. The zero-order valence-electron chi connectivity index (χ0n) is 23.7. The lowest BCUT2D eigenvalue weighted by molar-refractivity contribution is -0.360. The Morgan fingerprint density at radius 2 is 0.822 bits per heavy atom. The van der Waals surface area contributed by atoms with Crippen LogP contribution in [0.1, 0.15) is 47.2 Å². The molecule has 0 aliphatic heterocycles. The Morgan fingerprint density at radius 3 is 1.04 bits per heavy atom. The molecule has 0 atom stereocenters. The lowest BCUT2D eigenvalue weighted by Gasteiger charge is -2.33. The van der Waals surface area contributed by atoms with Crippen molar-refractivity contribution in [1.82, 2.24) is 0 Å². The molecule has 0 fully saturated rings. The fourth-order valence-corrected chi connectivity index (χ4v) is 4.36. The molecule has 0 saturated carbocycles. The molecular weight excluding hydrogens is 654 g/mol. The van der Waals surface area contributed by atoms with E-state index >= 15 is 17.6 Å². The lowest BCUT2D eigenvalue weighted by atomic mass is 9.91. The largest absolute Gasteiger partial charge is 0.460 e. The van der Waals surface area contributed by atoms with Crippen LogP contribution in [-0.4, -0.2) is 36.0 Å². The topological polar surface area (TPSA) is 67.4 Å². The number of benzene rings is 2. The van der Waals surface area contributed by atoms with Crippen molar-refractivity contribution < 1.29 is 75.8 Å². The lowest BCUT2D eigenvalue weighted by Crippen LogP contribution is -2.50. The first-order valence-corrected chi connectivity index (χ1v) is 12.1. The summed E-state index contributed by atoms with van der Waals surface area (Å²) in [7, 11) is 0. The number of hydrogen-bond acceptors (Lipinski definition) is 3. The molecule has 0 unspecified atom stereocenters. The predicted molar refractivity (Wildman–Crippen MR) is 130 cm³/mol. The van der Waals surface area contributed by atoms with Crippen LogP contribution in [0, 0.1) is 27.7 Å². The van der Waals surface area contributed by atoms with Gasteiger partial charge in [-0.05, 0) is 62.1 Å². The van der Waals surface area contributed by atoms with Crippen LogP contribution in [0.3, 0.4) is 0 Å². The van der Waals surface area contributed by atoms with Gasteiger partial charge in [0.25, 0.3) is 0 Å². The summed E-state index contributed by atoms with van der Waals surface area (Å²) in [5.74, 6) is -32.2. The number of ether oxygens (including phenoxy) is 1. The van der Waals surface area contributed by atoms with Gasteiger partial charge in [0, 0.05) is 25.2 Å². The van der Waals surface area contributed by atoms with Crippen molar-refractivity contribution in [2.75, 3.05) is 10.6 Å². The molecule has 0 bridgehead atoms. The van der Waals surface area contributed by atoms with E-state index in [0.29, 0.717) is 13.8 Å². The fourth-order valence-electron chi connectivity index (χ4n) is 4.36. The zero-order chi connectivity index (χ0) is 35.5. The predicted octanol–water partition coefficient (Wildman–Crippen LogP) is 9.21. The van der Waals surface area contributed by atoms with Gasteiger partial charge in [-0.15, -0.1) is 0 Å². The zero-order valence-corrected chi connectivity index (χ0v) is 23.7. The van der Waals surface area contributed by atoms with Crippen LogP contribution in [0.4, 0.5) is 72.8 Å². The second-order valence-corrected chi connectivity index (χ2v) is 9.89. The molecule has 2 aromatic rings. The van der Waals surface area contributed by atoms with Gasteiger partial charge in [0.1, 0.15) is 11.5 Å². The third-order valence-electron chi connectivity index (χ3n) is 6.43. The summed E-state index contributed by atoms with van der Waals surface area (Å²) >= 11 is 0. The first-order valence-electron chi connectivity index (χ1n) is 12.1. The standard InChI is InChI=1S/C26H22F14N2O3/c1-9-7-15(17(11(3)19(9)41-13(5)43)21(27,28)23(31,32)25(35,36)37)45-16-8-10(2)20(42-14(6)44)12(4)18(16)22(29,30)24(33,34)26(38,39)40/h7-8H,1-6H3,(H,41,43)(H,42,44). The van der Waals surface area contributed by atoms with Gasteiger partial charge in [0.2, 0.25) is 11.8 Å². The SMILES string of the molecule is CC(=O)Nc1c(C)cc(Oc2cc(C)c(NC(C)=O)c(C)c2C(F)(F)C(F)(F)C(F)(F)F)c(C(F)(F)C(F)(F)C(F)(F)F)c1C. The summed E-state index contributed by atoms with van der Waals surface area (Å²) in [6.45, 7) is 4.51. The van der Waals surface area contributed by atoms with E-state index in [1.54, 1.807) is 0 Å². The molecule has 0 aliphatic carbocycles. The van der Waals surface area contributed by atoms with E-state index in [2.05, 4.69) is 0 Å². The Morgan fingerprint density at radius 1 is 0.556 bits per heavy atom. The van der Waals surface area contributed by atoms with Crippen LogP contribution in [0.5, 0.6) is 11.5 Å². The van der Waals surface area contributed by atoms with Gasteiger partial charge in [-0.3, -0.25) is 9.59 Å². The summed E-state index contributed by atoms with van der Waals surface area (Å²) in [5.41, 5.74) is -9.59. The van der Waals surface area contributed by atoms with Crippen LogP contribution in [-0.2, 0) is 21.4 Å². The number of anilines is 2. The van der Waals surface area contributed by atoms with E-state index < -0.39 is 104 Å². The normalized spacial score (nSPS) is 13.5. The Kier molecular flexibility index (Phi) is 9.58. The fraction of sp³-hybridized carbons (Fsp3) is 0.462. The maximum absolute atomic E-state index is 15.2. The first-order chi connectivity index (χ1) is 19.9. The summed E-state index contributed by atoms with van der Waals surface area (Å²) < 4.78 is 202. The van der Waals surface area contributed by atoms with Gasteiger partial charge in [-0.25, -0.2) is 0 Å². The number of alkyl halides is 14. The molecule has 0 spiro atoms. The first kappa shape index (κ1) is 37.4. The third-order valence-corrected chi connectivity index (χ3v) is 6.43. The molecule has 2 amide bonds. The highest BCUT2D eigenvalue weighted by atomic mass is 19.4. The minimum atomic E-state index is -6.96. The van der Waals surface area contributed by atoms with Crippen LogP contribution in [0.25, 0.3) is 0 Å². The maximum Gasteiger partial charge on any atom is 0.460 e. The molecule has 0 saturated heterocycles. The molecule has 45 heavy (non-hydrogen) atoms. The third kappa shape index (κ3) is 6.34. The van der Waals surface area contributed by atoms with Crippen molar-refractivity contribution in [2.24, 2.45) is 0 Å². The molecule has 0 radical (unpaired) electrons. The molecule has 0 aliphatic rings. The molecule has 2 N–H and O–H groups in total. The molecule has 2 aromatic carbocycles. The Balaban J connectivity index is 3.16. The van der Waals surface area contributed by atoms with E-state index in [4.69, 9.17) is 4.74 Å². The maximum atomic E-state index is 15.2. The molecule has 5 nitrogen and oxygen atoms in total. The highest BCUT2D eigenvalue weighted by Gasteiger charge is 2.76. The molecule has 252 valence electrons. The van der Waals surface area contributed by atoms with E-state index in [1.807, 2.05) is 10.6 Å². The Bertz CT molecular complexity index is 1400. The average molecular weight is 676 g/mol. The Labute approximate surface area is 244 Å². The van der Waals surface area contributed by atoms with Gasteiger partial charge in [-0.1, -0.05) is 0 Å². The van der Waals surface area contributed by atoms with E-state index in [0.717, 1.165) is 27.7 Å². The van der Waals surface area contributed by atoms with Crippen molar-refractivity contribution in [3.05, 3.63) is 45.5 Å². The van der Waals surface area contributed by atoms with Crippen LogP contribution in [0.2, 0.25) is 0 Å². The minimum Gasteiger partial charge on any atom is -0.456 e. The summed E-state index contributed by atoms with van der Waals surface area (Å²) in [6, 6.07) is 0.508.